The smallest absolute Gasteiger partial charge is 0.247 e. The molecule has 8 heteroatoms. The number of hydrogen-bond donors (Lipinski definition) is 1. The number of aliphatic hydroxyl groups excluding tert-OH is 1. The Hall–Kier alpha value is -2.26. The van der Waals surface area contributed by atoms with Crippen LogP contribution in [0.2, 0.25) is 0 Å². The van der Waals surface area contributed by atoms with Crippen molar-refractivity contribution >= 4 is 15.6 Å². The monoisotopic (exact) mass is 499 g/mol. The van der Waals surface area contributed by atoms with Gasteiger partial charge in [0.25, 0.3) is 0 Å². The first-order valence-electron chi connectivity index (χ1n) is 12.5. The Morgan fingerprint density at radius 3 is 2.77 bits per heavy atom. The average molecular weight is 500 g/mol. The minimum Gasteiger partial charge on any atom is -0.487 e. The fourth-order valence-corrected chi connectivity index (χ4v) is 6.71. The van der Waals surface area contributed by atoms with E-state index in [9.17, 15) is 13.5 Å². The van der Waals surface area contributed by atoms with Gasteiger partial charge in [-0.1, -0.05) is 25.1 Å². The van der Waals surface area contributed by atoms with Gasteiger partial charge >= 0.3 is 0 Å². The summed E-state index contributed by atoms with van der Waals surface area (Å²) in [5, 5.41) is 9.85. The number of aromatic nitrogens is 1. The zero-order valence-electron chi connectivity index (χ0n) is 20.9. The molecule has 190 valence electrons. The molecule has 4 rings (SSSR count). The van der Waals surface area contributed by atoms with Gasteiger partial charge in [-0.2, -0.15) is 4.31 Å². The summed E-state index contributed by atoms with van der Waals surface area (Å²) in [7, 11) is -1.80. The van der Waals surface area contributed by atoms with Gasteiger partial charge in [0, 0.05) is 37.8 Å². The highest BCUT2D eigenvalue weighted by molar-refractivity contribution is 7.89. The first-order chi connectivity index (χ1) is 16.8. The van der Waals surface area contributed by atoms with Crippen LogP contribution in [0.15, 0.2) is 53.6 Å². The van der Waals surface area contributed by atoms with Gasteiger partial charge in [-0.25, -0.2) is 8.42 Å². The minimum absolute atomic E-state index is 0.0874. The zero-order valence-corrected chi connectivity index (χ0v) is 21.7. The van der Waals surface area contributed by atoms with E-state index >= 15 is 0 Å². The molecule has 7 nitrogen and oxygen atoms in total. The van der Waals surface area contributed by atoms with E-state index in [4.69, 9.17) is 4.74 Å². The van der Waals surface area contributed by atoms with E-state index in [2.05, 4.69) is 16.0 Å². The van der Waals surface area contributed by atoms with Gasteiger partial charge in [0.1, 0.15) is 16.7 Å². The Morgan fingerprint density at radius 2 is 2.09 bits per heavy atom. The molecule has 1 aliphatic heterocycles. The number of sulfonamides is 1. The second kappa shape index (κ2) is 11.2. The highest BCUT2D eigenvalue weighted by Gasteiger charge is 2.38. The summed E-state index contributed by atoms with van der Waals surface area (Å²) in [5.74, 6) is 0.308. The lowest BCUT2D eigenvalue weighted by molar-refractivity contribution is 0.0730. The van der Waals surface area contributed by atoms with Crippen LogP contribution in [-0.4, -0.2) is 66.6 Å². The summed E-state index contributed by atoms with van der Waals surface area (Å²) in [6.07, 6.45) is 8.18. The molecule has 0 fully saturated rings. The van der Waals surface area contributed by atoms with Gasteiger partial charge in [-0.05, 0) is 75.1 Å². The van der Waals surface area contributed by atoms with Crippen LogP contribution < -0.4 is 4.74 Å². The number of rotatable bonds is 7. The molecule has 1 aromatic carbocycles. The number of fused-ring (bicyclic) bond motifs is 1. The maximum atomic E-state index is 13.7. The molecule has 0 amide bonds. The zero-order chi connectivity index (χ0) is 25.0. The number of pyridine rings is 1. The van der Waals surface area contributed by atoms with Crippen LogP contribution in [0.4, 0.5) is 0 Å². The maximum absolute atomic E-state index is 13.7. The van der Waals surface area contributed by atoms with E-state index in [-0.39, 0.29) is 30.1 Å². The molecule has 3 atom stereocenters. The maximum Gasteiger partial charge on any atom is 0.247 e. The Kier molecular flexibility index (Phi) is 8.27. The number of allylic oxidation sites excluding steroid dienone is 2. The molecule has 0 spiro atoms. The van der Waals surface area contributed by atoms with E-state index in [1.807, 2.05) is 44.3 Å². The standard InChI is InChI=1S/C27H37N3O4S/c1-20-16-30(21(2)19-31)35(32,33)27-13-12-23(22-9-5-4-6-10-22)15-25(27)34-26(20)18-29(3)17-24-11-7-8-14-28-24/h7-9,11-15,20-21,26,31H,4-6,10,16-19H2,1-3H3/t20-,21-,26-/m1/s1. The molecule has 0 unspecified atom stereocenters. The van der Waals surface area contributed by atoms with Crippen molar-refractivity contribution in [3.05, 3.63) is 59.9 Å². The first kappa shape index (κ1) is 25.8. The predicted octanol–water partition coefficient (Wildman–Crippen LogP) is 3.94. The van der Waals surface area contributed by atoms with Gasteiger partial charge < -0.3 is 9.84 Å². The highest BCUT2D eigenvalue weighted by atomic mass is 32.2. The molecule has 1 N–H and O–H groups in total. The molecule has 0 saturated heterocycles. The molecule has 1 aliphatic carbocycles. The Morgan fingerprint density at radius 1 is 1.26 bits per heavy atom. The molecular weight excluding hydrogens is 462 g/mol. The summed E-state index contributed by atoms with van der Waals surface area (Å²) in [6.45, 7) is 5.09. The summed E-state index contributed by atoms with van der Waals surface area (Å²) in [6, 6.07) is 10.8. The van der Waals surface area contributed by atoms with Gasteiger partial charge in [0.05, 0.1) is 12.3 Å². The first-order valence-corrected chi connectivity index (χ1v) is 13.9. The van der Waals surface area contributed by atoms with Crippen LogP contribution in [0.1, 0.15) is 50.8 Å². The van der Waals surface area contributed by atoms with Crippen molar-refractivity contribution < 1.29 is 18.3 Å². The lowest BCUT2D eigenvalue weighted by Gasteiger charge is -2.37. The SMILES string of the molecule is C[C@@H]1CN([C@H](C)CO)S(=O)(=O)c2ccc(C3=CCCCC3)cc2O[C@@H]1CN(C)Cc1ccccn1. The predicted molar refractivity (Wildman–Crippen MR) is 137 cm³/mol. The van der Waals surface area contributed by atoms with Gasteiger partial charge in [0.2, 0.25) is 10.0 Å². The average Bonchev–Trinajstić information content (AvgIpc) is 2.86. The fraction of sp³-hybridized carbons (Fsp3) is 0.519. The van der Waals surface area contributed by atoms with Crippen molar-refractivity contribution in [1.82, 2.24) is 14.2 Å². The number of likely N-dealkylation sites (N-methyl/N-ethyl adjacent to an activating group) is 1. The van der Waals surface area contributed by atoms with Crippen molar-refractivity contribution in [2.75, 3.05) is 26.7 Å². The van der Waals surface area contributed by atoms with Gasteiger partial charge in [-0.3, -0.25) is 9.88 Å². The van der Waals surface area contributed by atoms with Crippen molar-refractivity contribution in [2.45, 2.75) is 63.1 Å². The number of benzene rings is 1. The topological polar surface area (TPSA) is 83.0 Å². The lowest BCUT2D eigenvalue weighted by Crippen LogP contribution is -2.49. The van der Waals surface area contributed by atoms with Gasteiger partial charge in [0.15, 0.2) is 0 Å². The van der Waals surface area contributed by atoms with Crippen LogP contribution in [0.5, 0.6) is 5.75 Å². The molecule has 2 aliphatic rings. The van der Waals surface area contributed by atoms with E-state index in [0.29, 0.717) is 18.8 Å². The molecule has 35 heavy (non-hydrogen) atoms. The van der Waals surface area contributed by atoms with Crippen molar-refractivity contribution in [1.29, 1.82) is 0 Å². The molecule has 2 aromatic rings. The number of hydrogen-bond acceptors (Lipinski definition) is 6. The van der Waals surface area contributed by atoms with Crippen LogP contribution in [0, 0.1) is 5.92 Å². The number of nitrogens with zero attached hydrogens (tertiary/aromatic N) is 3. The van der Waals surface area contributed by atoms with E-state index in [1.54, 1.807) is 19.2 Å². The third-order valence-electron chi connectivity index (χ3n) is 6.98. The second-order valence-electron chi connectivity index (χ2n) is 9.89. The molecule has 1 aromatic heterocycles. The van der Waals surface area contributed by atoms with E-state index < -0.39 is 16.1 Å². The largest absolute Gasteiger partial charge is 0.487 e. The molecule has 0 bridgehead atoms. The lowest BCUT2D eigenvalue weighted by atomic mass is 9.93. The third-order valence-corrected chi connectivity index (χ3v) is 9.00. The van der Waals surface area contributed by atoms with Gasteiger partial charge in [-0.15, -0.1) is 0 Å². The Bertz CT molecular complexity index is 1140. The summed E-state index contributed by atoms with van der Waals surface area (Å²) in [5.41, 5.74) is 3.24. The van der Waals surface area contributed by atoms with E-state index in [0.717, 1.165) is 30.5 Å². The van der Waals surface area contributed by atoms with Crippen molar-refractivity contribution in [2.24, 2.45) is 5.92 Å². The number of ether oxygens (including phenoxy) is 1. The van der Waals surface area contributed by atoms with Crippen molar-refractivity contribution in [3.63, 3.8) is 0 Å². The summed E-state index contributed by atoms with van der Waals surface area (Å²) in [4.78, 5) is 6.75. The van der Waals surface area contributed by atoms with E-state index in [1.165, 1.54) is 16.3 Å². The number of aliphatic hydroxyl groups is 1. The fourth-order valence-electron chi connectivity index (χ4n) is 4.88. The molecule has 0 saturated carbocycles. The molecular formula is C27H37N3O4S. The summed E-state index contributed by atoms with van der Waals surface area (Å²) < 4.78 is 35.3. The minimum atomic E-state index is -3.83. The highest BCUT2D eigenvalue weighted by Crippen LogP contribution is 2.37. The quantitative estimate of drug-likeness (QED) is 0.621. The Labute approximate surface area is 209 Å². The molecule has 0 radical (unpaired) electrons. The Balaban J connectivity index is 1.69. The van der Waals surface area contributed by atoms with Crippen LogP contribution >= 0.6 is 0 Å². The molecule has 2 heterocycles. The second-order valence-corrected chi connectivity index (χ2v) is 11.8. The van der Waals surface area contributed by atoms with Crippen LogP contribution in [-0.2, 0) is 16.6 Å². The van der Waals surface area contributed by atoms with Crippen LogP contribution in [0.25, 0.3) is 5.57 Å². The normalized spacial score (nSPS) is 23.5. The summed E-state index contributed by atoms with van der Waals surface area (Å²) >= 11 is 0. The van der Waals surface area contributed by atoms with Crippen molar-refractivity contribution in [3.8, 4) is 5.75 Å². The van der Waals surface area contributed by atoms with Crippen LogP contribution in [0.3, 0.4) is 0 Å². The third kappa shape index (κ3) is 5.94.